The van der Waals surface area contributed by atoms with Gasteiger partial charge in [-0.2, -0.15) is 0 Å². The predicted octanol–water partition coefficient (Wildman–Crippen LogP) is 23.3. The van der Waals surface area contributed by atoms with Gasteiger partial charge in [0.05, 0.1) is 0 Å². The number of rotatable bonds is 29. The Balaban J connectivity index is 1.70. The molecule has 126 heavy (non-hydrogen) atoms. The van der Waals surface area contributed by atoms with Gasteiger partial charge >= 0.3 is 35.8 Å². The zero-order valence-corrected chi connectivity index (χ0v) is 83.7. The highest BCUT2D eigenvalue weighted by Crippen LogP contribution is 2.48. The van der Waals surface area contributed by atoms with Crippen LogP contribution >= 0.6 is 0 Å². The number of hydrogen-bond acceptors (Lipinski definition) is 18. The molecule has 6 N–H and O–H groups in total. The molecule has 18 heteroatoms. The van der Waals surface area contributed by atoms with Crippen LogP contribution in [0.1, 0.15) is 388 Å². The Bertz CT molecular complexity index is 4360. The number of hydrogen-bond donors (Lipinski definition) is 6. The molecule has 6 aromatic rings. The molecule has 6 aromatic carbocycles. The van der Waals surface area contributed by atoms with Gasteiger partial charge in [-0.15, -0.1) is 0 Å². The van der Waals surface area contributed by atoms with Gasteiger partial charge in [0.15, 0.2) is 24.4 Å². The van der Waals surface area contributed by atoms with E-state index >= 15 is 28.8 Å². The summed E-state index contributed by atoms with van der Waals surface area (Å²) in [6.45, 7) is 69.5. The maximum Gasteiger partial charge on any atom is 0.306 e. The predicted molar refractivity (Wildman–Crippen MR) is 504 cm³/mol. The highest BCUT2D eigenvalue weighted by molar-refractivity contribution is 5.75. The van der Waals surface area contributed by atoms with Gasteiger partial charge in [0.1, 0.15) is 47.7 Å². The number of phenols is 6. The van der Waals surface area contributed by atoms with E-state index in [0.29, 0.717) is 89.0 Å². The minimum absolute atomic E-state index is 0.00312. The molecule has 0 aliphatic heterocycles. The van der Waals surface area contributed by atoms with Crippen LogP contribution in [0.5, 0.6) is 34.5 Å². The van der Waals surface area contributed by atoms with E-state index < -0.39 is 151 Å². The Morgan fingerprint density at radius 1 is 0.206 bits per heavy atom. The van der Waals surface area contributed by atoms with Gasteiger partial charge in [0, 0.05) is 38.5 Å². The lowest BCUT2D eigenvalue weighted by atomic mass is 9.78. The van der Waals surface area contributed by atoms with E-state index in [4.69, 9.17) is 28.4 Å². The topological polar surface area (TPSA) is 279 Å². The van der Waals surface area contributed by atoms with E-state index in [1.807, 2.05) is 322 Å². The summed E-state index contributed by atoms with van der Waals surface area (Å²) in [6, 6.07) is 22.2. The number of aromatic hydroxyl groups is 6. The highest BCUT2D eigenvalue weighted by Gasteiger charge is 2.47. The number of aryl methyl sites for hydroxylation is 6. The summed E-state index contributed by atoms with van der Waals surface area (Å²) >= 11 is 0. The molecule has 0 aliphatic carbocycles. The Morgan fingerprint density at radius 2 is 0.325 bits per heavy atom. The molecule has 0 fully saturated rings. The highest BCUT2D eigenvalue weighted by atomic mass is 16.6. The van der Waals surface area contributed by atoms with Crippen LogP contribution in [0.4, 0.5) is 0 Å². The first-order chi connectivity index (χ1) is 57.0. The van der Waals surface area contributed by atoms with E-state index in [1.54, 1.807) is 0 Å². The summed E-state index contributed by atoms with van der Waals surface area (Å²) in [6.07, 6.45) is -9.81. The normalized spacial score (nSPS) is 14.1. The third-order valence-electron chi connectivity index (χ3n) is 23.4. The lowest BCUT2D eigenvalue weighted by Crippen LogP contribution is -2.54. The number of esters is 6. The van der Waals surface area contributed by atoms with Crippen LogP contribution in [-0.2, 0) is 161 Å². The van der Waals surface area contributed by atoms with Gasteiger partial charge in [-0.1, -0.05) is 322 Å². The summed E-state index contributed by atoms with van der Waals surface area (Å²) in [7, 11) is 0. The Morgan fingerprint density at radius 3 is 0.452 bits per heavy atom. The fraction of sp³-hybridized carbons (Fsp3) is 0.611. The first-order valence-electron chi connectivity index (χ1n) is 45.3. The third kappa shape index (κ3) is 29.0. The van der Waals surface area contributed by atoms with Crippen molar-refractivity contribution in [3.63, 3.8) is 0 Å². The van der Waals surface area contributed by atoms with E-state index in [1.165, 1.54) is 0 Å². The second-order valence-electron chi connectivity index (χ2n) is 47.6. The molecular formula is C108H158O18. The average molecular weight is 1740 g/mol. The maximum absolute atomic E-state index is 15.8. The summed E-state index contributed by atoms with van der Waals surface area (Å²) in [4.78, 5) is 92.8. The molecule has 0 radical (unpaired) electrons. The van der Waals surface area contributed by atoms with Gasteiger partial charge in [0.25, 0.3) is 0 Å². The quantitative estimate of drug-likeness (QED) is 0.0188. The molecule has 0 spiro atoms. The fourth-order valence-corrected chi connectivity index (χ4v) is 15.8. The number of ether oxygens (including phenoxy) is 6. The Hall–Kier alpha value is -9.06. The van der Waals surface area contributed by atoms with Crippen molar-refractivity contribution < 1.29 is 87.8 Å². The van der Waals surface area contributed by atoms with Crippen molar-refractivity contribution in [2.75, 3.05) is 13.2 Å². The number of carbonyl (C=O) groups is 6. The zero-order valence-electron chi connectivity index (χ0n) is 83.7. The van der Waals surface area contributed by atoms with Crippen LogP contribution < -0.4 is 0 Å². The van der Waals surface area contributed by atoms with Crippen LogP contribution in [-0.4, -0.2) is 104 Å². The van der Waals surface area contributed by atoms with E-state index in [-0.39, 0.29) is 98.7 Å². The molecule has 6 rings (SSSR count). The molecule has 18 nitrogen and oxygen atoms in total. The van der Waals surface area contributed by atoms with Crippen molar-refractivity contribution in [2.24, 2.45) is 0 Å². The third-order valence-corrected chi connectivity index (χ3v) is 23.4. The molecule has 0 saturated heterocycles. The fourth-order valence-electron chi connectivity index (χ4n) is 15.8. The minimum Gasteiger partial charge on any atom is -0.507 e. The standard InChI is InChI=1S/C108H158O18/c1-97(2,3)69-49-63(50-70(89(69)115)98(4,5)6)37-43-83(109)121-61-81(123-85(111)45-39-65-53-73(101(13,14)15)91(117)74(54-65)102(16,17)18)95(125-87(113)47-41-67-57-77(105(25,26)27)93(119)78(58-67)106(28,29)30)96(126-88(114)48-42-68-59-79(107(31,32)33)94(120)80(60-68)108(34,35)36)82(124-86(112)46-40-66-55-75(103(19,20)21)92(118)76(56-66)104(22,23)24)62-122-84(110)44-38-64-51-71(99(7,8)9)90(116)72(52-64)100(10,11)12/h49-60,81-82,95-96,115-120H,37-48,61-62H2,1-36H3/t81-,82+,95-,96-/m1/s1. The molecule has 0 unspecified atom stereocenters. The van der Waals surface area contributed by atoms with Crippen molar-refractivity contribution in [1.29, 1.82) is 0 Å². The zero-order chi connectivity index (χ0) is 96.3. The van der Waals surface area contributed by atoms with Crippen LogP contribution in [0.25, 0.3) is 0 Å². The van der Waals surface area contributed by atoms with E-state index in [9.17, 15) is 30.6 Å². The molecule has 0 aliphatic rings. The van der Waals surface area contributed by atoms with Gasteiger partial charge in [-0.3, -0.25) is 28.8 Å². The van der Waals surface area contributed by atoms with Gasteiger partial charge in [-0.05, 0) is 204 Å². The van der Waals surface area contributed by atoms with Crippen LogP contribution in [0.15, 0.2) is 72.8 Å². The Labute approximate surface area is 755 Å². The monoisotopic (exact) mass is 1740 g/mol. The van der Waals surface area contributed by atoms with E-state index in [0.717, 1.165) is 11.1 Å². The number of carbonyl (C=O) groups excluding carboxylic acids is 6. The van der Waals surface area contributed by atoms with Gasteiger partial charge in [0.2, 0.25) is 0 Å². The van der Waals surface area contributed by atoms with Gasteiger partial charge < -0.3 is 59.1 Å². The largest absolute Gasteiger partial charge is 0.507 e. The summed E-state index contributed by atoms with van der Waals surface area (Å²) in [5.74, 6) is -4.54. The molecular weight excluding hydrogens is 1590 g/mol. The van der Waals surface area contributed by atoms with Crippen LogP contribution in [0.3, 0.4) is 0 Å². The number of benzene rings is 6. The summed E-state index contributed by atoms with van der Waals surface area (Å²) < 4.78 is 39.8. The van der Waals surface area contributed by atoms with Crippen molar-refractivity contribution in [2.45, 2.75) is 416 Å². The average Bonchev–Trinajstić information content (AvgIpc) is 0.791. The van der Waals surface area contributed by atoms with Crippen LogP contribution in [0, 0.1) is 0 Å². The second kappa shape index (κ2) is 39.5. The SMILES string of the molecule is CC(C)(C)c1cc(CCC(=O)OC[C@H](OC(=O)CCc2cc(C(C)(C)C)c(O)c(C(C)(C)C)c2)[C@@H](OC(=O)CCc2cc(C(C)(C)C)c(O)c(C(C)(C)C)c2)[C@H](OC(=O)CCc2cc(C(C)(C)C)c(O)c(C(C)(C)C)c2)[C@@H](COC(=O)CCc2cc(C(C)(C)C)c(O)c(C(C)(C)C)c2)OC(=O)CCc2cc(C(C)(C)C)c(O)c(C(C)(C)C)c2)cc(C(C)(C)C)c1O. The lowest BCUT2D eigenvalue weighted by molar-refractivity contribution is -0.209. The van der Waals surface area contributed by atoms with Crippen molar-refractivity contribution in [3.05, 3.63) is 173 Å². The molecule has 0 aromatic heterocycles. The molecule has 0 heterocycles. The maximum atomic E-state index is 15.8. The summed E-state index contributed by atoms with van der Waals surface area (Å²) in [5, 5.41) is 71.2. The molecule has 0 amide bonds. The molecule has 0 bridgehead atoms. The Kier molecular flexibility index (Phi) is 33.1. The van der Waals surface area contributed by atoms with Crippen molar-refractivity contribution in [3.8, 4) is 34.5 Å². The lowest BCUT2D eigenvalue weighted by Gasteiger charge is -2.36. The number of phenolic OH excluding ortho intramolecular Hbond substituents is 6. The molecule has 698 valence electrons. The second-order valence-corrected chi connectivity index (χ2v) is 47.6. The van der Waals surface area contributed by atoms with Crippen molar-refractivity contribution in [1.82, 2.24) is 0 Å². The van der Waals surface area contributed by atoms with Gasteiger partial charge in [-0.25, -0.2) is 0 Å². The minimum atomic E-state index is -2.10. The van der Waals surface area contributed by atoms with Crippen molar-refractivity contribution >= 4 is 35.8 Å². The molecule has 4 atom stereocenters. The first kappa shape index (κ1) is 106. The van der Waals surface area contributed by atoms with Crippen LogP contribution in [0.2, 0.25) is 0 Å². The van der Waals surface area contributed by atoms with E-state index in [2.05, 4.69) is 0 Å². The smallest absolute Gasteiger partial charge is 0.306 e. The first-order valence-corrected chi connectivity index (χ1v) is 45.3. The molecule has 0 saturated carbocycles. The summed E-state index contributed by atoms with van der Waals surface area (Å²) in [5.41, 5.74) is 5.19.